The molecule has 0 spiro atoms. The highest BCUT2D eigenvalue weighted by Gasteiger charge is 2.66. The number of rotatable bonds is 4. The van der Waals surface area contributed by atoms with Crippen LogP contribution in [0.25, 0.3) is 0 Å². The predicted octanol–water partition coefficient (Wildman–Crippen LogP) is 2.08. The molecule has 1 heterocycles. The molecule has 22 heavy (non-hydrogen) atoms. The Morgan fingerprint density at radius 3 is 2.45 bits per heavy atom. The van der Waals surface area contributed by atoms with Crippen LogP contribution in [0, 0.1) is 0 Å². The minimum atomic E-state index is -4.90. The minimum Gasteiger partial charge on any atom is -0.456 e. The van der Waals surface area contributed by atoms with Crippen LogP contribution in [0.15, 0.2) is 12.2 Å². The third-order valence-corrected chi connectivity index (χ3v) is 3.86. The number of carbonyl (C=O) groups excluding carboxylic acids is 1. The first kappa shape index (κ1) is 17.2. The molecule has 0 aromatic rings. The van der Waals surface area contributed by atoms with E-state index in [1.54, 1.807) is 6.92 Å². The summed E-state index contributed by atoms with van der Waals surface area (Å²) in [6, 6.07) is 0. The minimum absolute atomic E-state index is 0.233. The molecule has 2 fully saturated rings. The zero-order chi connectivity index (χ0) is 17.0. The van der Waals surface area contributed by atoms with Crippen molar-refractivity contribution in [3.05, 3.63) is 12.2 Å². The first-order chi connectivity index (χ1) is 9.80. The normalized spacial score (nSPS) is 41.3. The molecular formula is C14H19F3O5. The third-order valence-electron chi connectivity index (χ3n) is 3.86. The van der Waals surface area contributed by atoms with Gasteiger partial charge in [0.15, 0.2) is 0 Å². The Hall–Kier alpha value is -1.12. The molecule has 1 N–H and O–H groups in total. The Morgan fingerprint density at radius 1 is 1.41 bits per heavy atom. The molecule has 1 aliphatic carbocycles. The van der Waals surface area contributed by atoms with E-state index in [0.717, 1.165) is 0 Å². The van der Waals surface area contributed by atoms with Gasteiger partial charge in [-0.25, -0.2) is 4.79 Å². The lowest BCUT2D eigenvalue weighted by atomic mass is 9.99. The van der Waals surface area contributed by atoms with Crippen LogP contribution in [0.1, 0.15) is 33.6 Å². The highest BCUT2D eigenvalue weighted by Crippen LogP contribution is 2.50. The van der Waals surface area contributed by atoms with E-state index in [1.807, 2.05) is 0 Å². The van der Waals surface area contributed by atoms with Crippen molar-refractivity contribution in [1.29, 1.82) is 0 Å². The quantitative estimate of drug-likeness (QED) is 0.634. The van der Waals surface area contributed by atoms with Crippen molar-refractivity contribution < 1.29 is 37.3 Å². The van der Waals surface area contributed by atoms with Gasteiger partial charge in [-0.1, -0.05) is 6.58 Å². The monoisotopic (exact) mass is 324 g/mol. The summed E-state index contributed by atoms with van der Waals surface area (Å²) in [4.78, 5) is 11.4. The van der Waals surface area contributed by atoms with Crippen LogP contribution in [0.5, 0.6) is 0 Å². The molecule has 4 unspecified atom stereocenters. The van der Waals surface area contributed by atoms with Crippen LogP contribution in [0.2, 0.25) is 0 Å². The third kappa shape index (κ3) is 3.13. The molecule has 0 aromatic heterocycles. The Balaban J connectivity index is 1.98. The molecule has 1 saturated carbocycles. The molecule has 2 aliphatic rings. The predicted molar refractivity (Wildman–Crippen MR) is 68.8 cm³/mol. The van der Waals surface area contributed by atoms with Crippen LogP contribution < -0.4 is 0 Å². The number of hydrogen-bond donors (Lipinski definition) is 1. The maximum absolute atomic E-state index is 12.8. The zero-order valence-electron chi connectivity index (χ0n) is 12.6. The van der Waals surface area contributed by atoms with Crippen molar-refractivity contribution in [3.63, 3.8) is 0 Å². The van der Waals surface area contributed by atoms with E-state index < -0.39 is 48.3 Å². The number of ether oxygens (including phenoxy) is 3. The molecule has 1 saturated heterocycles. The van der Waals surface area contributed by atoms with Gasteiger partial charge in [0, 0.05) is 18.4 Å². The van der Waals surface area contributed by atoms with Crippen molar-refractivity contribution >= 4 is 5.97 Å². The largest absolute Gasteiger partial charge is 0.456 e. The smallest absolute Gasteiger partial charge is 0.443 e. The van der Waals surface area contributed by atoms with Crippen LogP contribution in [0.4, 0.5) is 13.2 Å². The second-order valence-corrected chi connectivity index (χ2v) is 6.49. The number of halogens is 3. The van der Waals surface area contributed by atoms with E-state index in [-0.39, 0.29) is 5.57 Å². The zero-order valence-corrected chi connectivity index (χ0v) is 12.6. The molecule has 0 amide bonds. The van der Waals surface area contributed by atoms with Crippen LogP contribution in [-0.2, 0) is 19.0 Å². The first-order valence-electron chi connectivity index (χ1n) is 6.80. The fourth-order valence-electron chi connectivity index (χ4n) is 2.50. The number of esters is 1. The van der Waals surface area contributed by atoms with E-state index in [0.29, 0.717) is 6.42 Å². The molecular weight excluding hydrogens is 305 g/mol. The van der Waals surface area contributed by atoms with Gasteiger partial charge in [-0.3, -0.25) is 0 Å². The summed E-state index contributed by atoms with van der Waals surface area (Å²) in [6.07, 6.45) is -5.82. The number of carbonyl (C=O) groups is 1. The van der Waals surface area contributed by atoms with E-state index in [9.17, 15) is 23.1 Å². The van der Waals surface area contributed by atoms with Crippen molar-refractivity contribution in [2.24, 2.45) is 0 Å². The molecule has 8 heteroatoms. The van der Waals surface area contributed by atoms with Gasteiger partial charge in [0.25, 0.3) is 5.79 Å². The van der Waals surface area contributed by atoms with Gasteiger partial charge in [-0.05, 0) is 20.8 Å². The van der Waals surface area contributed by atoms with Gasteiger partial charge < -0.3 is 19.3 Å². The van der Waals surface area contributed by atoms with Gasteiger partial charge in [0.05, 0.1) is 12.2 Å². The summed E-state index contributed by atoms with van der Waals surface area (Å²) < 4.78 is 53.6. The maximum atomic E-state index is 12.8. The Morgan fingerprint density at radius 2 is 2.00 bits per heavy atom. The molecule has 0 bridgehead atoms. The molecule has 126 valence electrons. The average Bonchev–Trinajstić information content (AvgIpc) is 2.80. The van der Waals surface area contributed by atoms with E-state index in [2.05, 4.69) is 11.3 Å². The number of alkyl halides is 3. The second kappa shape index (κ2) is 4.94. The lowest BCUT2D eigenvalue weighted by Crippen LogP contribution is -2.46. The fourth-order valence-corrected chi connectivity index (χ4v) is 2.50. The Bertz CT molecular complexity index is 505. The molecule has 4 atom stereocenters. The van der Waals surface area contributed by atoms with Gasteiger partial charge in [0.2, 0.25) is 0 Å². The van der Waals surface area contributed by atoms with Gasteiger partial charge in [0.1, 0.15) is 11.7 Å². The lowest BCUT2D eigenvalue weighted by Gasteiger charge is -2.29. The topological polar surface area (TPSA) is 65.0 Å². The molecule has 5 nitrogen and oxygen atoms in total. The summed E-state index contributed by atoms with van der Waals surface area (Å²) in [5, 5.41) is 9.54. The van der Waals surface area contributed by atoms with Crippen LogP contribution >= 0.6 is 0 Å². The van der Waals surface area contributed by atoms with Crippen molar-refractivity contribution in [2.75, 3.05) is 6.61 Å². The van der Waals surface area contributed by atoms with Crippen LogP contribution in [0.3, 0.4) is 0 Å². The summed E-state index contributed by atoms with van der Waals surface area (Å²) in [7, 11) is 0. The van der Waals surface area contributed by atoms with Gasteiger partial charge in [-0.15, -0.1) is 0 Å². The van der Waals surface area contributed by atoms with Crippen molar-refractivity contribution in [3.8, 4) is 0 Å². The van der Waals surface area contributed by atoms with Crippen LogP contribution in [-0.4, -0.2) is 47.0 Å². The summed E-state index contributed by atoms with van der Waals surface area (Å²) in [6.45, 7) is 7.62. The SMILES string of the molecule is C=C(C)C(=O)OC1CC1(C)OC1(C)COC(O)(C(F)(F)F)C1. The fraction of sp³-hybridized carbons (Fsp3) is 0.786. The average molecular weight is 324 g/mol. The highest BCUT2D eigenvalue weighted by molar-refractivity contribution is 5.87. The summed E-state index contributed by atoms with van der Waals surface area (Å²) in [5.41, 5.74) is -1.97. The Labute approximate surface area is 126 Å². The maximum Gasteiger partial charge on any atom is 0.443 e. The standard InChI is InChI=1S/C14H19F3O5/c1-8(2)10(18)21-9-5-12(9,4)22-11(3)6-13(19,20-7-11)14(15,16)17/h9,19H,1,5-7H2,2-4H3. The van der Waals surface area contributed by atoms with Crippen molar-refractivity contribution in [1.82, 2.24) is 0 Å². The Kier molecular flexibility index (Phi) is 3.87. The molecule has 0 aromatic carbocycles. The van der Waals surface area contributed by atoms with E-state index >= 15 is 0 Å². The van der Waals surface area contributed by atoms with E-state index in [4.69, 9.17) is 9.47 Å². The lowest BCUT2D eigenvalue weighted by molar-refractivity contribution is -0.349. The molecule has 1 aliphatic heterocycles. The van der Waals surface area contributed by atoms with Crippen molar-refractivity contribution in [2.45, 2.75) is 62.9 Å². The van der Waals surface area contributed by atoms with E-state index in [1.165, 1.54) is 13.8 Å². The van der Waals surface area contributed by atoms with Gasteiger partial charge in [-0.2, -0.15) is 13.2 Å². The number of aliphatic hydroxyl groups is 1. The molecule has 2 rings (SSSR count). The number of hydrogen-bond acceptors (Lipinski definition) is 5. The highest BCUT2D eigenvalue weighted by atomic mass is 19.4. The first-order valence-corrected chi connectivity index (χ1v) is 6.80. The van der Waals surface area contributed by atoms with Gasteiger partial charge >= 0.3 is 12.1 Å². The summed E-state index contributed by atoms with van der Waals surface area (Å²) in [5.74, 6) is -3.78. The summed E-state index contributed by atoms with van der Waals surface area (Å²) >= 11 is 0. The molecule has 0 radical (unpaired) electrons. The second-order valence-electron chi connectivity index (χ2n) is 6.49.